The molecule has 3 aromatic heterocycles. The van der Waals surface area contributed by atoms with E-state index in [0.717, 1.165) is 43.2 Å². The molecule has 4 heterocycles. The first-order valence-corrected chi connectivity index (χ1v) is 11.8. The van der Waals surface area contributed by atoms with Crippen LogP contribution < -0.4 is 15.5 Å². The Hall–Kier alpha value is -4.16. The number of thiophene rings is 1. The number of benzene rings is 1. The Bertz CT molecular complexity index is 1400. The summed E-state index contributed by atoms with van der Waals surface area (Å²) >= 11 is 1.01. The van der Waals surface area contributed by atoms with Gasteiger partial charge in [0, 0.05) is 38.1 Å². The van der Waals surface area contributed by atoms with Gasteiger partial charge in [-0.3, -0.25) is 14.7 Å². The van der Waals surface area contributed by atoms with Crippen LogP contribution in [-0.4, -0.2) is 76.2 Å². The summed E-state index contributed by atoms with van der Waals surface area (Å²) in [5.41, 5.74) is 1.91. The van der Waals surface area contributed by atoms with Crippen LogP contribution >= 0.6 is 11.3 Å². The molecule has 1 aromatic carbocycles. The lowest BCUT2D eigenvalue weighted by molar-refractivity contribution is 0.0701. The number of amides is 2. The lowest BCUT2D eigenvalue weighted by atomic mass is 10.1. The summed E-state index contributed by atoms with van der Waals surface area (Å²) in [6.45, 7) is 3.51. The van der Waals surface area contributed by atoms with Gasteiger partial charge in [-0.15, -0.1) is 11.3 Å². The summed E-state index contributed by atoms with van der Waals surface area (Å²) in [6.07, 6.45) is 1.65. The molecule has 1 aliphatic heterocycles. The standard InChI is InChI=1S/C23H23N7O4S/c1-29-7-9-30(10-8-29)13-4-5-14(17(11-13)25-21(32)16-3-2-6-24-16)20(31)26-19-15-12-18(23(33)34)35-22(15)28-27-19/h2-6,11-12,24H,7-10H2,1H3,(H,25,32)(H,33,34)(H2,26,27,28,31). The van der Waals surface area contributed by atoms with Crippen LogP contribution in [0.15, 0.2) is 42.6 Å². The van der Waals surface area contributed by atoms with E-state index in [1.807, 2.05) is 6.07 Å². The molecule has 1 saturated heterocycles. The topological polar surface area (TPSA) is 146 Å². The average Bonchev–Trinajstić information content (AvgIpc) is 3.58. The molecule has 0 bridgehead atoms. The van der Waals surface area contributed by atoms with Gasteiger partial charge < -0.3 is 30.5 Å². The molecular weight excluding hydrogens is 470 g/mol. The third-order valence-electron chi connectivity index (χ3n) is 5.91. The van der Waals surface area contributed by atoms with Crippen LogP contribution in [0.25, 0.3) is 10.2 Å². The molecule has 12 heteroatoms. The number of carboxylic acid groups (broad SMARTS) is 1. The lowest BCUT2D eigenvalue weighted by Gasteiger charge is -2.34. The molecule has 11 nitrogen and oxygen atoms in total. The van der Waals surface area contributed by atoms with Gasteiger partial charge >= 0.3 is 5.97 Å². The average molecular weight is 494 g/mol. The summed E-state index contributed by atoms with van der Waals surface area (Å²) in [7, 11) is 2.08. The Morgan fingerprint density at radius 3 is 2.57 bits per heavy atom. The first-order valence-electron chi connectivity index (χ1n) is 10.9. The van der Waals surface area contributed by atoms with Gasteiger partial charge in [-0.1, -0.05) is 0 Å². The van der Waals surface area contributed by atoms with Crippen molar-refractivity contribution in [3.05, 3.63) is 58.7 Å². The molecule has 0 unspecified atom stereocenters. The fraction of sp³-hybridized carbons (Fsp3) is 0.217. The number of carbonyl (C=O) groups excluding carboxylic acids is 2. The van der Waals surface area contributed by atoms with Gasteiger partial charge in [0.05, 0.1) is 16.6 Å². The van der Waals surface area contributed by atoms with E-state index in [1.54, 1.807) is 30.5 Å². The predicted molar refractivity (Wildman–Crippen MR) is 134 cm³/mol. The highest BCUT2D eigenvalue weighted by atomic mass is 32.1. The van der Waals surface area contributed by atoms with E-state index in [2.05, 4.69) is 42.7 Å². The molecule has 0 atom stereocenters. The van der Waals surface area contributed by atoms with Crippen LogP contribution in [0.4, 0.5) is 17.2 Å². The molecule has 0 aliphatic carbocycles. The van der Waals surface area contributed by atoms with Crippen LogP contribution in [0.5, 0.6) is 0 Å². The molecule has 180 valence electrons. The predicted octanol–water partition coefficient (Wildman–Crippen LogP) is 2.91. The van der Waals surface area contributed by atoms with Gasteiger partial charge in [0.1, 0.15) is 21.2 Å². The van der Waals surface area contributed by atoms with Crippen molar-refractivity contribution in [2.75, 3.05) is 48.8 Å². The zero-order valence-corrected chi connectivity index (χ0v) is 19.6. The molecule has 4 aromatic rings. The van der Waals surface area contributed by atoms with Gasteiger partial charge in [-0.2, -0.15) is 5.10 Å². The van der Waals surface area contributed by atoms with Crippen LogP contribution in [0.3, 0.4) is 0 Å². The SMILES string of the molecule is CN1CCN(c2ccc(C(=O)Nc3[nH]nc4sc(C(=O)O)cc34)c(NC(=O)c3ccc[nH]3)c2)CC1. The molecule has 35 heavy (non-hydrogen) atoms. The Morgan fingerprint density at radius 1 is 1.06 bits per heavy atom. The van der Waals surface area contributed by atoms with Crippen molar-refractivity contribution in [3.63, 3.8) is 0 Å². The molecule has 2 amide bonds. The quantitative estimate of drug-likeness (QED) is 0.278. The fourth-order valence-electron chi connectivity index (χ4n) is 3.95. The number of nitrogens with zero attached hydrogens (tertiary/aromatic N) is 3. The molecule has 0 saturated carbocycles. The van der Waals surface area contributed by atoms with E-state index in [9.17, 15) is 19.5 Å². The van der Waals surface area contributed by atoms with Crippen LogP contribution in [-0.2, 0) is 0 Å². The van der Waals surface area contributed by atoms with Crippen molar-refractivity contribution in [2.45, 2.75) is 0 Å². The molecule has 0 radical (unpaired) electrons. The third kappa shape index (κ3) is 4.61. The molecule has 5 rings (SSSR count). The third-order valence-corrected chi connectivity index (χ3v) is 6.92. The number of rotatable bonds is 6. The second-order valence-corrected chi connectivity index (χ2v) is 9.28. The van der Waals surface area contributed by atoms with E-state index in [0.29, 0.717) is 27.4 Å². The summed E-state index contributed by atoms with van der Waals surface area (Å²) in [5, 5.41) is 22.2. The van der Waals surface area contributed by atoms with Crippen molar-refractivity contribution in [3.8, 4) is 0 Å². The second kappa shape index (κ2) is 9.24. The number of H-pyrrole nitrogens is 2. The molecule has 0 spiro atoms. The number of nitrogens with one attached hydrogen (secondary N) is 4. The normalized spacial score (nSPS) is 14.3. The molecule has 5 N–H and O–H groups in total. The largest absolute Gasteiger partial charge is 0.477 e. The Balaban J connectivity index is 1.45. The first-order chi connectivity index (χ1) is 16.9. The summed E-state index contributed by atoms with van der Waals surface area (Å²) in [5.74, 6) is -1.60. The van der Waals surface area contributed by atoms with Gasteiger partial charge in [0.25, 0.3) is 11.8 Å². The zero-order chi connectivity index (χ0) is 24.5. The van der Waals surface area contributed by atoms with Crippen LogP contribution in [0, 0.1) is 0 Å². The minimum absolute atomic E-state index is 0.127. The summed E-state index contributed by atoms with van der Waals surface area (Å²) in [6, 6.07) is 10.2. The highest BCUT2D eigenvalue weighted by Gasteiger charge is 2.21. The van der Waals surface area contributed by atoms with Gasteiger partial charge in [-0.05, 0) is 43.4 Å². The maximum absolute atomic E-state index is 13.3. The van der Waals surface area contributed by atoms with E-state index >= 15 is 0 Å². The lowest BCUT2D eigenvalue weighted by Crippen LogP contribution is -2.44. The van der Waals surface area contributed by atoms with E-state index < -0.39 is 11.9 Å². The van der Waals surface area contributed by atoms with Crippen molar-refractivity contribution in [1.82, 2.24) is 20.1 Å². The summed E-state index contributed by atoms with van der Waals surface area (Å²) < 4.78 is 0. The fourth-order valence-corrected chi connectivity index (χ4v) is 4.78. The summed E-state index contributed by atoms with van der Waals surface area (Å²) in [4.78, 5) is 45.3. The Kier molecular flexibility index (Phi) is 5.97. The maximum Gasteiger partial charge on any atom is 0.345 e. The number of fused-ring (bicyclic) bond motifs is 1. The number of carbonyl (C=O) groups is 3. The first kappa shape index (κ1) is 22.6. The van der Waals surface area contributed by atoms with Crippen molar-refractivity contribution in [1.29, 1.82) is 0 Å². The van der Waals surface area contributed by atoms with Crippen molar-refractivity contribution >= 4 is 56.5 Å². The minimum Gasteiger partial charge on any atom is -0.477 e. The minimum atomic E-state index is -1.06. The van der Waals surface area contributed by atoms with Gasteiger partial charge in [0.15, 0.2) is 0 Å². The van der Waals surface area contributed by atoms with Crippen LogP contribution in [0.1, 0.15) is 30.5 Å². The number of hydrogen-bond acceptors (Lipinski definition) is 7. The zero-order valence-electron chi connectivity index (χ0n) is 18.8. The number of anilines is 3. The van der Waals surface area contributed by atoms with Crippen LogP contribution in [0.2, 0.25) is 0 Å². The second-order valence-electron chi connectivity index (χ2n) is 8.25. The molecule has 1 fully saturated rings. The number of hydrogen-bond donors (Lipinski definition) is 5. The smallest absolute Gasteiger partial charge is 0.345 e. The highest BCUT2D eigenvalue weighted by Crippen LogP contribution is 2.31. The maximum atomic E-state index is 13.3. The number of aromatic nitrogens is 3. The number of piperazine rings is 1. The molecule has 1 aliphatic rings. The van der Waals surface area contributed by atoms with Crippen molar-refractivity contribution in [2.24, 2.45) is 0 Å². The van der Waals surface area contributed by atoms with Crippen molar-refractivity contribution < 1.29 is 19.5 Å². The van der Waals surface area contributed by atoms with E-state index in [4.69, 9.17) is 0 Å². The molecular formula is C23H23N7O4S. The van der Waals surface area contributed by atoms with Gasteiger partial charge in [-0.25, -0.2) is 4.79 Å². The number of likely N-dealkylation sites (N-methyl/N-ethyl adjacent to an activating group) is 1. The Morgan fingerprint density at radius 2 is 1.86 bits per heavy atom. The van der Waals surface area contributed by atoms with E-state index in [-0.39, 0.29) is 16.3 Å². The number of aromatic carboxylic acids is 1. The number of aromatic amines is 2. The Labute approximate surface area is 203 Å². The highest BCUT2D eigenvalue weighted by molar-refractivity contribution is 7.20. The van der Waals surface area contributed by atoms with E-state index in [1.165, 1.54) is 6.07 Å². The van der Waals surface area contributed by atoms with Gasteiger partial charge in [0.2, 0.25) is 0 Å². The number of carboxylic acids is 1. The monoisotopic (exact) mass is 493 g/mol.